The van der Waals surface area contributed by atoms with Gasteiger partial charge in [-0.05, 0) is 42.3 Å². The quantitative estimate of drug-likeness (QED) is 0.700. The Hall–Kier alpha value is -1.40. The van der Waals surface area contributed by atoms with E-state index >= 15 is 0 Å². The van der Waals surface area contributed by atoms with Crippen molar-refractivity contribution in [2.75, 3.05) is 6.54 Å². The summed E-state index contributed by atoms with van der Waals surface area (Å²) in [6.45, 7) is 2.37. The monoisotopic (exact) mass is 241 g/mol. The second kappa shape index (κ2) is 6.24. The number of thiophene rings is 1. The molecule has 0 aromatic carbocycles. The summed E-state index contributed by atoms with van der Waals surface area (Å²) in [5.41, 5.74) is 6.08. The van der Waals surface area contributed by atoms with Gasteiger partial charge in [0, 0.05) is 0 Å². The van der Waals surface area contributed by atoms with Crippen LogP contribution >= 0.6 is 11.3 Å². The molecular formula is C10H15N3O2S. The van der Waals surface area contributed by atoms with E-state index < -0.39 is 18.0 Å². The molecule has 0 aliphatic rings. The van der Waals surface area contributed by atoms with Crippen molar-refractivity contribution in [2.45, 2.75) is 19.4 Å². The molecule has 1 aromatic rings. The van der Waals surface area contributed by atoms with Crippen LogP contribution in [0.15, 0.2) is 16.8 Å². The Balaban J connectivity index is 2.22. The number of imide groups is 1. The van der Waals surface area contributed by atoms with E-state index in [0.717, 1.165) is 6.42 Å². The predicted molar refractivity (Wildman–Crippen MR) is 63.2 cm³/mol. The molecule has 1 aromatic heterocycles. The summed E-state index contributed by atoms with van der Waals surface area (Å²) in [7, 11) is 0. The first kappa shape index (κ1) is 12.7. The Bertz CT molecular complexity index is 351. The highest BCUT2D eigenvalue weighted by Gasteiger charge is 2.12. The van der Waals surface area contributed by atoms with Crippen LogP contribution in [0.2, 0.25) is 0 Å². The van der Waals surface area contributed by atoms with Gasteiger partial charge in [0.05, 0.1) is 6.04 Å². The number of nitrogens with two attached hydrogens (primary N) is 1. The molecule has 1 atom stereocenters. The second-order valence-electron chi connectivity index (χ2n) is 3.41. The molecule has 16 heavy (non-hydrogen) atoms. The normalized spacial score (nSPS) is 12.1. The van der Waals surface area contributed by atoms with E-state index in [4.69, 9.17) is 5.73 Å². The molecular weight excluding hydrogens is 226 g/mol. The molecule has 5 nitrogen and oxygen atoms in total. The lowest BCUT2D eigenvalue weighted by atomic mass is 10.2. The van der Waals surface area contributed by atoms with Crippen LogP contribution in [0, 0.1) is 0 Å². The Morgan fingerprint density at radius 3 is 2.88 bits per heavy atom. The van der Waals surface area contributed by atoms with Crippen LogP contribution < -0.4 is 16.4 Å². The first-order valence-electron chi connectivity index (χ1n) is 4.94. The van der Waals surface area contributed by atoms with Crippen molar-refractivity contribution in [3.63, 3.8) is 0 Å². The predicted octanol–water partition coefficient (Wildman–Crippen LogP) is 0.464. The lowest BCUT2D eigenvalue weighted by Gasteiger charge is -2.11. The molecule has 0 fully saturated rings. The number of carbonyl (C=O) groups excluding carboxylic acids is 2. The fourth-order valence-corrected chi connectivity index (χ4v) is 1.89. The minimum absolute atomic E-state index is 0.405. The Labute approximate surface area is 98.0 Å². The average molecular weight is 241 g/mol. The van der Waals surface area contributed by atoms with E-state index in [1.807, 2.05) is 16.8 Å². The molecule has 0 aliphatic heterocycles. The Morgan fingerprint density at radius 2 is 2.31 bits per heavy atom. The topological polar surface area (TPSA) is 84.2 Å². The molecule has 88 valence electrons. The van der Waals surface area contributed by atoms with Gasteiger partial charge in [-0.15, -0.1) is 0 Å². The largest absolute Gasteiger partial charge is 0.351 e. The van der Waals surface area contributed by atoms with Crippen LogP contribution in [-0.2, 0) is 11.2 Å². The highest BCUT2D eigenvalue weighted by atomic mass is 32.1. The minimum Gasteiger partial charge on any atom is -0.351 e. The number of nitrogens with one attached hydrogen (secondary N) is 2. The molecule has 4 N–H and O–H groups in total. The third kappa shape index (κ3) is 4.41. The summed E-state index contributed by atoms with van der Waals surface area (Å²) in [5.74, 6) is -0.405. The van der Waals surface area contributed by atoms with Crippen LogP contribution in [0.3, 0.4) is 0 Å². The van der Waals surface area contributed by atoms with Crippen molar-refractivity contribution in [3.05, 3.63) is 22.4 Å². The molecule has 6 heteroatoms. The summed E-state index contributed by atoms with van der Waals surface area (Å²) >= 11 is 1.64. The molecule has 0 saturated carbocycles. The molecule has 0 saturated heterocycles. The number of hydrogen-bond acceptors (Lipinski definition) is 4. The minimum atomic E-state index is -0.823. The zero-order valence-corrected chi connectivity index (χ0v) is 9.84. The average Bonchev–Trinajstić information content (AvgIpc) is 2.69. The van der Waals surface area contributed by atoms with Gasteiger partial charge in [-0.3, -0.25) is 10.1 Å². The smallest absolute Gasteiger partial charge is 0.318 e. The number of urea groups is 1. The summed E-state index contributed by atoms with van der Waals surface area (Å²) in [5, 5.41) is 9.11. The van der Waals surface area contributed by atoms with Crippen molar-refractivity contribution in [1.82, 2.24) is 10.6 Å². The number of amides is 3. The maximum atomic E-state index is 11.3. The SMILES string of the molecule is CC(NCCc1ccsc1)C(=O)NC(N)=O. The van der Waals surface area contributed by atoms with Gasteiger partial charge in [-0.25, -0.2) is 4.79 Å². The van der Waals surface area contributed by atoms with E-state index in [2.05, 4.69) is 10.7 Å². The van der Waals surface area contributed by atoms with Crippen molar-refractivity contribution in [2.24, 2.45) is 5.73 Å². The summed E-state index contributed by atoms with van der Waals surface area (Å²) in [4.78, 5) is 21.7. The van der Waals surface area contributed by atoms with Crippen LogP contribution in [-0.4, -0.2) is 24.5 Å². The second-order valence-corrected chi connectivity index (χ2v) is 4.19. The van der Waals surface area contributed by atoms with Gasteiger partial charge in [0.2, 0.25) is 5.91 Å². The van der Waals surface area contributed by atoms with Crippen LogP contribution in [0.25, 0.3) is 0 Å². The summed E-state index contributed by atoms with van der Waals surface area (Å²) < 4.78 is 0. The van der Waals surface area contributed by atoms with Crippen molar-refractivity contribution >= 4 is 23.3 Å². The van der Waals surface area contributed by atoms with Gasteiger partial charge in [0.15, 0.2) is 0 Å². The first-order valence-corrected chi connectivity index (χ1v) is 5.88. The fourth-order valence-electron chi connectivity index (χ4n) is 1.19. The van der Waals surface area contributed by atoms with E-state index in [9.17, 15) is 9.59 Å². The molecule has 1 unspecified atom stereocenters. The van der Waals surface area contributed by atoms with Crippen molar-refractivity contribution < 1.29 is 9.59 Å². The molecule has 0 aliphatic carbocycles. The molecule has 1 rings (SSSR count). The Morgan fingerprint density at radius 1 is 1.56 bits per heavy atom. The molecule has 1 heterocycles. The zero-order valence-electron chi connectivity index (χ0n) is 9.03. The van der Waals surface area contributed by atoms with Gasteiger partial charge < -0.3 is 11.1 Å². The summed E-state index contributed by atoms with van der Waals surface area (Å²) in [6.07, 6.45) is 0.859. The van der Waals surface area contributed by atoms with Gasteiger partial charge in [0.25, 0.3) is 0 Å². The molecule has 3 amide bonds. The van der Waals surface area contributed by atoms with E-state index in [0.29, 0.717) is 6.54 Å². The van der Waals surface area contributed by atoms with Gasteiger partial charge in [0.1, 0.15) is 0 Å². The highest BCUT2D eigenvalue weighted by molar-refractivity contribution is 7.07. The van der Waals surface area contributed by atoms with Crippen molar-refractivity contribution in [3.8, 4) is 0 Å². The number of primary amides is 1. The van der Waals surface area contributed by atoms with Gasteiger partial charge in [-0.2, -0.15) is 11.3 Å². The molecule has 0 radical (unpaired) electrons. The van der Waals surface area contributed by atoms with E-state index in [1.54, 1.807) is 18.3 Å². The van der Waals surface area contributed by atoms with Gasteiger partial charge in [-0.1, -0.05) is 0 Å². The summed E-state index contributed by atoms with van der Waals surface area (Å²) in [6, 6.07) is 0.795. The van der Waals surface area contributed by atoms with Crippen LogP contribution in [0.5, 0.6) is 0 Å². The highest BCUT2D eigenvalue weighted by Crippen LogP contribution is 2.05. The number of rotatable bonds is 5. The maximum Gasteiger partial charge on any atom is 0.318 e. The van der Waals surface area contributed by atoms with Crippen LogP contribution in [0.4, 0.5) is 4.79 Å². The Kier molecular flexibility index (Phi) is 4.94. The first-order chi connectivity index (χ1) is 7.59. The van der Waals surface area contributed by atoms with E-state index in [-0.39, 0.29) is 0 Å². The fraction of sp³-hybridized carbons (Fsp3) is 0.400. The van der Waals surface area contributed by atoms with Gasteiger partial charge >= 0.3 is 6.03 Å². The van der Waals surface area contributed by atoms with E-state index in [1.165, 1.54) is 5.56 Å². The maximum absolute atomic E-state index is 11.3. The standard InChI is InChI=1S/C10H15N3O2S/c1-7(9(14)13-10(11)15)12-4-2-8-3-5-16-6-8/h3,5-7,12H,2,4H2,1H3,(H3,11,13,14,15). The molecule has 0 bridgehead atoms. The number of carbonyl (C=O) groups is 2. The third-order valence-electron chi connectivity index (χ3n) is 2.08. The third-order valence-corrected chi connectivity index (χ3v) is 2.82. The lowest BCUT2D eigenvalue weighted by Crippen LogP contribution is -2.46. The van der Waals surface area contributed by atoms with Crippen LogP contribution in [0.1, 0.15) is 12.5 Å². The molecule has 0 spiro atoms. The lowest BCUT2D eigenvalue weighted by molar-refractivity contribution is -0.121. The zero-order chi connectivity index (χ0) is 12.0. The van der Waals surface area contributed by atoms with Crippen molar-refractivity contribution in [1.29, 1.82) is 0 Å². The number of hydrogen-bond donors (Lipinski definition) is 3.